The van der Waals surface area contributed by atoms with Crippen LogP contribution in [0.5, 0.6) is 0 Å². The fourth-order valence-electron chi connectivity index (χ4n) is 1.94. The van der Waals surface area contributed by atoms with Gasteiger partial charge in [0.05, 0.1) is 6.61 Å². The number of hydrogen-bond acceptors (Lipinski definition) is 2. The first-order valence-electron chi connectivity index (χ1n) is 6.19. The van der Waals surface area contributed by atoms with E-state index in [1.807, 2.05) is 18.2 Å². The highest BCUT2D eigenvalue weighted by atomic mass is 32.1. The second-order valence-corrected chi connectivity index (χ2v) is 4.70. The molecule has 2 rings (SSSR count). The Labute approximate surface area is 113 Å². The lowest BCUT2D eigenvalue weighted by atomic mass is 10.1. The molecular weight excluding hydrogens is 244 g/mol. The van der Waals surface area contributed by atoms with Crippen LogP contribution in [0.2, 0.25) is 0 Å². The third-order valence-electron chi connectivity index (χ3n) is 2.88. The molecule has 1 aromatic carbocycles. The second-order valence-electron chi connectivity index (χ2n) is 4.26. The van der Waals surface area contributed by atoms with Crippen LogP contribution in [0.15, 0.2) is 30.5 Å². The normalized spacial score (nSPS) is 10.9. The van der Waals surface area contributed by atoms with Gasteiger partial charge in [-0.25, -0.2) is 0 Å². The lowest BCUT2D eigenvalue weighted by Gasteiger charge is -2.07. The molecule has 0 spiro atoms. The Morgan fingerprint density at radius 1 is 1.33 bits per heavy atom. The topological polar surface area (TPSA) is 40.2 Å². The van der Waals surface area contributed by atoms with Crippen LogP contribution in [0.1, 0.15) is 18.9 Å². The summed E-state index contributed by atoms with van der Waals surface area (Å²) in [5.74, 6) is 0. The van der Waals surface area contributed by atoms with Gasteiger partial charge in [-0.15, -0.1) is 0 Å². The number of benzene rings is 1. The Morgan fingerprint density at radius 2 is 2.17 bits per heavy atom. The molecule has 0 unspecified atom stereocenters. The van der Waals surface area contributed by atoms with Crippen molar-refractivity contribution in [3.63, 3.8) is 0 Å². The maximum atomic E-state index is 5.66. The second kappa shape index (κ2) is 5.98. The van der Waals surface area contributed by atoms with Crippen molar-refractivity contribution in [1.29, 1.82) is 0 Å². The van der Waals surface area contributed by atoms with Crippen LogP contribution < -0.4 is 5.73 Å². The van der Waals surface area contributed by atoms with E-state index in [0.717, 1.165) is 37.3 Å². The van der Waals surface area contributed by atoms with Crippen molar-refractivity contribution in [3.8, 4) is 0 Å². The van der Waals surface area contributed by atoms with Crippen molar-refractivity contribution < 1.29 is 4.74 Å². The smallest absolute Gasteiger partial charge is 0.104 e. The summed E-state index contributed by atoms with van der Waals surface area (Å²) in [7, 11) is 0. The molecule has 2 N–H and O–H groups in total. The Morgan fingerprint density at radius 3 is 2.89 bits per heavy atom. The minimum Gasteiger partial charge on any atom is -0.389 e. The van der Waals surface area contributed by atoms with E-state index in [1.165, 1.54) is 5.39 Å². The number of hydrogen-bond donors (Lipinski definition) is 1. The molecule has 0 fully saturated rings. The maximum absolute atomic E-state index is 5.66. The monoisotopic (exact) mass is 262 g/mol. The van der Waals surface area contributed by atoms with Gasteiger partial charge in [-0.2, -0.15) is 0 Å². The predicted octanol–water partition coefficient (Wildman–Crippen LogP) is 2.70. The van der Waals surface area contributed by atoms with Gasteiger partial charge in [0.15, 0.2) is 0 Å². The molecule has 0 aliphatic rings. The Bertz CT molecular complexity index is 548. The molecule has 0 aliphatic carbocycles. The summed E-state index contributed by atoms with van der Waals surface area (Å²) in [4.78, 5) is 0.437. The number of nitrogens with zero attached hydrogens (tertiary/aromatic N) is 1. The molecule has 0 radical (unpaired) electrons. The fraction of sp³-hybridized carbons (Fsp3) is 0.357. The van der Waals surface area contributed by atoms with Gasteiger partial charge in [0, 0.05) is 30.4 Å². The van der Waals surface area contributed by atoms with Crippen LogP contribution in [-0.4, -0.2) is 22.8 Å². The van der Waals surface area contributed by atoms with Crippen LogP contribution in [0.25, 0.3) is 10.9 Å². The summed E-state index contributed by atoms with van der Waals surface area (Å²) < 4.78 is 7.68. The number of ether oxygens (including phenoxy) is 1. The molecule has 0 saturated carbocycles. The summed E-state index contributed by atoms with van der Waals surface area (Å²) >= 11 is 5.01. The number of rotatable bonds is 6. The Balaban J connectivity index is 2.17. The van der Waals surface area contributed by atoms with Gasteiger partial charge < -0.3 is 15.0 Å². The van der Waals surface area contributed by atoms with Crippen LogP contribution >= 0.6 is 12.2 Å². The lowest BCUT2D eigenvalue weighted by Crippen LogP contribution is -2.10. The number of aromatic nitrogens is 1. The highest BCUT2D eigenvalue weighted by Crippen LogP contribution is 2.17. The van der Waals surface area contributed by atoms with Gasteiger partial charge in [-0.1, -0.05) is 31.3 Å². The van der Waals surface area contributed by atoms with Crippen molar-refractivity contribution in [3.05, 3.63) is 36.0 Å². The van der Waals surface area contributed by atoms with Gasteiger partial charge in [0.25, 0.3) is 0 Å². The Kier molecular flexibility index (Phi) is 4.33. The molecule has 96 valence electrons. The van der Waals surface area contributed by atoms with E-state index in [0.29, 0.717) is 4.99 Å². The van der Waals surface area contributed by atoms with Gasteiger partial charge in [0.2, 0.25) is 0 Å². The highest BCUT2D eigenvalue weighted by Gasteiger charge is 2.03. The first kappa shape index (κ1) is 13.1. The van der Waals surface area contributed by atoms with Crippen LogP contribution in [0.3, 0.4) is 0 Å². The quantitative estimate of drug-likeness (QED) is 0.643. The average molecular weight is 262 g/mol. The Hall–Kier alpha value is -1.39. The first-order chi connectivity index (χ1) is 8.72. The molecule has 0 saturated heterocycles. The lowest BCUT2D eigenvalue weighted by molar-refractivity contribution is 0.127. The third kappa shape index (κ3) is 2.89. The number of nitrogens with two attached hydrogens (primary N) is 1. The van der Waals surface area contributed by atoms with Crippen LogP contribution in [0, 0.1) is 0 Å². The summed E-state index contributed by atoms with van der Waals surface area (Å²) in [6, 6.07) is 8.14. The van der Waals surface area contributed by atoms with Gasteiger partial charge in [-0.05, 0) is 23.9 Å². The molecule has 1 heterocycles. The van der Waals surface area contributed by atoms with Crippen molar-refractivity contribution >= 4 is 28.1 Å². The van der Waals surface area contributed by atoms with Crippen molar-refractivity contribution in [2.24, 2.45) is 5.73 Å². The zero-order valence-electron chi connectivity index (χ0n) is 10.6. The summed E-state index contributed by atoms with van der Waals surface area (Å²) in [5, 5.41) is 1.20. The molecule has 0 amide bonds. The summed E-state index contributed by atoms with van der Waals surface area (Å²) in [5.41, 5.74) is 7.72. The predicted molar refractivity (Wildman–Crippen MR) is 78.9 cm³/mol. The van der Waals surface area contributed by atoms with Gasteiger partial charge >= 0.3 is 0 Å². The van der Waals surface area contributed by atoms with E-state index >= 15 is 0 Å². The van der Waals surface area contributed by atoms with Crippen LogP contribution in [-0.2, 0) is 11.3 Å². The minimum atomic E-state index is 0.437. The van der Waals surface area contributed by atoms with E-state index in [9.17, 15) is 0 Å². The largest absolute Gasteiger partial charge is 0.389 e. The average Bonchev–Trinajstić information content (AvgIpc) is 2.77. The van der Waals surface area contributed by atoms with Crippen LogP contribution in [0.4, 0.5) is 0 Å². The number of thiocarbonyl (C=S) groups is 1. The summed E-state index contributed by atoms with van der Waals surface area (Å²) in [6.07, 6.45) is 3.13. The molecule has 1 aromatic heterocycles. The van der Waals surface area contributed by atoms with Gasteiger partial charge in [-0.3, -0.25) is 0 Å². The molecule has 4 heteroatoms. The molecule has 2 aromatic rings. The van der Waals surface area contributed by atoms with Gasteiger partial charge in [0.1, 0.15) is 4.99 Å². The molecule has 0 atom stereocenters. The third-order valence-corrected chi connectivity index (χ3v) is 3.12. The molecule has 0 aliphatic heterocycles. The standard InChI is InChI=1S/C14H18N2OS/c1-2-8-17-9-7-16-6-5-11-3-4-12(14(15)18)10-13(11)16/h3-6,10H,2,7-9H2,1H3,(H2,15,18). The fourth-order valence-corrected chi connectivity index (χ4v) is 2.07. The van der Waals surface area contributed by atoms with Crippen molar-refractivity contribution in [2.45, 2.75) is 19.9 Å². The summed E-state index contributed by atoms with van der Waals surface area (Å²) in [6.45, 7) is 4.51. The van der Waals surface area contributed by atoms with Crippen molar-refractivity contribution in [2.75, 3.05) is 13.2 Å². The van der Waals surface area contributed by atoms with E-state index in [4.69, 9.17) is 22.7 Å². The first-order valence-corrected chi connectivity index (χ1v) is 6.59. The minimum absolute atomic E-state index is 0.437. The molecule has 0 bridgehead atoms. The maximum Gasteiger partial charge on any atom is 0.104 e. The zero-order valence-corrected chi connectivity index (χ0v) is 11.4. The molecular formula is C14H18N2OS. The number of fused-ring (bicyclic) bond motifs is 1. The van der Waals surface area contributed by atoms with E-state index < -0.39 is 0 Å². The van der Waals surface area contributed by atoms with E-state index in [-0.39, 0.29) is 0 Å². The SMILES string of the molecule is CCCOCCn1ccc2ccc(C(N)=S)cc21. The zero-order chi connectivity index (χ0) is 13.0. The highest BCUT2D eigenvalue weighted by molar-refractivity contribution is 7.80. The molecule has 3 nitrogen and oxygen atoms in total. The van der Waals surface area contributed by atoms with Crippen molar-refractivity contribution in [1.82, 2.24) is 4.57 Å². The van der Waals surface area contributed by atoms with E-state index in [1.54, 1.807) is 0 Å². The molecule has 18 heavy (non-hydrogen) atoms. The van der Waals surface area contributed by atoms with E-state index in [2.05, 4.69) is 23.8 Å².